The summed E-state index contributed by atoms with van der Waals surface area (Å²) in [5.74, 6) is 0. The Morgan fingerprint density at radius 1 is 1.43 bits per heavy atom. The Labute approximate surface area is 86.8 Å². The number of rotatable bonds is 5. The van der Waals surface area contributed by atoms with Gasteiger partial charge in [-0.2, -0.15) is 0 Å². The van der Waals surface area contributed by atoms with Crippen LogP contribution in [0, 0.1) is 0 Å². The van der Waals surface area contributed by atoms with Gasteiger partial charge in [0.05, 0.1) is 6.10 Å². The first kappa shape index (κ1) is 10.4. The normalized spacial score (nSPS) is 28.3. The molecular weight excluding hydrogens is 176 g/mol. The molecule has 0 aliphatic carbocycles. The van der Waals surface area contributed by atoms with E-state index in [1.807, 2.05) is 0 Å². The van der Waals surface area contributed by atoms with E-state index in [0.717, 1.165) is 19.2 Å². The molecule has 0 saturated carbocycles. The van der Waals surface area contributed by atoms with Gasteiger partial charge in [-0.25, -0.2) is 0 Å². The second-order valence-electron chi connectivity index (χ2n) is 4.44. The van der Waals surface area contributed by atoms with E-state index in [-0.39, 0.29) is 0 Å². The van der Waals surface area contributed by atoms with Gasteiger partial charge in [0.1, 0.15) is 0 Å². The third kappa shape index (κ3) is 2.47. The summed E-state index contributed by atoms with van der Waals surface area (Å²) >= 11 is 0. The summed E-state index contributed by atoms with van der Waals surface area (Å²) in [5.41, 5.74) is 0. The Morgan fingerprint density at radius 2 is 2.29 bits per heavy atom. The Bertz CT molecular complexity index is 165. The minimum absolute atomic E-state index is 0.516. The molecule has 1 atom stereocenters. The lowest BCUT2D eigenvalue weighted by Gasteiger charge is -2.39. The molecule has 0 spiro atoms. The molecule has 0 amide bonds. The van der Waals surface area contributed by atoms with Gasteiger partial charge >= 0.3 is 0 Å². The molecule has 2 aliphatic heterocycles. The summed E-state index contributed by atoms with van der Waals surface area (Å²) in [6.45, 7) is 7.97. The van der Waals surface area contributed by atoms with E-state index in [4.69, 9.17) is 4.74 Å². The largest absolute Gasteiger partial charge is 0.377 e. The van der Waals surface area contributed by atoms with Gasteiger partial charge in [-0.15, -0.1) is 0 Å². The van der Waals surface area contributed by atoms with Crippen molar-refractivity contribution in [2.24, 2.45) is 0 Å². The van der Waals surface area contributed by atoms with E-state index in [1.54, 1.807) is 0 Å². The predicted octanol–water partition coefficient (Wildman–Crippen LogP) is 0.849. The van der Waals surface area contributed by atoms with Crippen molar-refractivity contribution in [3.8, 4) is 0 Å². The Hall–Kier alpha value is -0.120. The first-order chi connectivity index (χ1) is 6.90. The summed E-state index contributed by atoms with van der Waals surface area (Å²) in [5, 5.41) is 3.34. The molecule has 1 unspecified atom stereocenters. The van der Waals surface area contributed by atoms with Gasteiger partial charge in [0, 0.05) is 32.3 Å². The topological polar surface area (TPSA) is 24.5 Å². The van der Waals surface area contributed by atoms with E-state index in [2.05, 4.69) is 17.1 Å². The molecule has 0 bridgehead atoms. The zero-order valence-electron chi connectivity index (χ0n) is 9.17. The third-order valence-electron chi connectivity index (χ3n) is 3.25. The summed E-state index contributed by atoms with van der Waals surface area (Å²) < 4.78 is 5.69. The molecule has 1 N–H and O–H groups in total. The highest BCUT2D eigenvalue weighted by molar-refractivity contribution is 4.86. The van der Waals surface area contributed by atoms with E-state index in [9.17, 15) is 0 Å². The van der Waals surface area contributed by atoms with Crippen molar-refractivity contribution < 1.29 is 4.74 Å². The molecular formula is C11H22N2O. The van der Waals surface area contributed by atoms with E-state index >= 15 is 0 Å². The molecule has 2 saturated heterocycles. The molecule has 2 heterocycles. The number of hydrogen-bond acceptors (Lipinski definition) is 3. The molecule has 3 heteroatoms. The average molecular weight is 198 g/mol. The van der Waals surface area contributed by atoms with Crippen LogP contribution < -0.4 is 5.32 Å². The minimum Gasteiger partial charge on any atom is -0.377 e. The van der Waals surface area contributed by atoms with Crippen LogP contribution in [0.5, 0.6) is 0 Å². The fraction of sp³-hybridized carbons (Fsp3) is 1.00. The van der Waals surface area contributed by atoms with Gasteiger partial charge in [-0.1, -0.05) is 6.92 Å². The highest BCUT2D eigenvalue weighted by Gasteiger charge is 2.27. The van der Waals surface area contributed by atoms with E-state index in [1.165, 1.54) is 38.9 Å². The van der Waals surface area contributed by atoms with Crippen LogP contribution in [0.15, 0.2) is 0 Å². The van der Waals surface area contributed by atoms with E-state index < -0.39 is 0 Å². The maximum absolute atomic E-state index is 5.69. The summed E-state index contributed by atoms with van der Waals surface area (Å²) in [7, 11) is 0. The SMILES string of the molecule is CCCN(CC1CCCO1)C1CNC1. The van der Waals surface area contributed by atoms with Crippen LogP contribution in [0.2, 0.25) is 0 Å². The van der Waals surface area contributed by atoms with Gasteiger partial charge in [0.25, 0.3) is 0 Å². The number of ether oxygens (including phenoxy) is 1. The molecule has 0 aromatic rings. The molecule has 3 nitrogen and oxygen atoms in total. The van der Waals surface area contributed by atoms with Crippen molar-refractivity contribution in [3.05, 3.63) is 0 Å². The molecule has 0 aromatic carbocycles. The average Bonchev–Trinajstić information content (AvgIpc) is 2.54. The number of nitrogens with zero attached hydrogens (tertiary/aromatic N) is 1. The highest BCUT2D eigenvalue weighted by atomic mass is 16.5. The second-order valence-corrected chi connectivity index (χ2v) is 4.44. The molecule has 2 rings (SSSR count). The van der Waals surface area contributed by atoms with Crippen molar-refractivity contribution in [1.82, 2.24) is 10.2 Å². The molecule has 2 fully saturated rings. The van der Waals surface area contributed by atoms with Crippen LogP contribution in [0.25, 0.3) is 0 Å². The smallest absolute Gasteiger partial charge is 0.0702 e. The van der Waals surface area contributed by atoms with Gasteiger partial charge in [0.2, 0.25) is 0 Å². The van der Waals surface area contributed by atoms with Crippen molar-refractivity contribution in [3.63, 3.8) is 0 Å². The quantitative estimate of drug-likeness (QED) is 0.709. The number of nitrogens with one attached hydrogen (secondary N) is 1. The van der Waals surface area contributed by atoms with Crippen molar-refractivity contribution in [1.29, 1.82) is 0 Å². The summed E-state index contributed by atoms with van der Waals surface area (Å²) in [6, 6.07) is 0.777. The van der Waals surface area contributed by atoms with Crippen molar-refractivity contribution >= 4 is 0 Å². The molecule has 14 heavy (non-hydrogen) atoms. The van der Waals surface area contributed by atoms with Crippen LogP contribution in [-0.2, 0) is 4.74 Å². The van der Waals surface area contributed by atoms with Crippen LogP contribution >= 0.6 is 0 Å². The van der Waals surface area contributed by atoms with Crippen LogP contribution in [0.3, 0.4) is 0 Å². The van der Waals surface area contributed by atoms with Crippen molar-refractivity contribution in [2.45, 2.75) is 38.3 Å². The summed E-state index contributed by atoms with van der Waals surface area (Å²) in [4.78, 5) is 2.60. The lowest BCUT2D eigenvalue weighted by atomic mass is 10.1. The van der Waals surface area contributed by atoms with Crippen molar-refractivity contribution in [2.75, 3.05) is 32.8 Å². The second kappa shape index (κ2) is 5.10. The summed E-state index contributed by atoms with van der Waals surface area (Å²) in [6.07, 6.45) is 4.29. The van der Waals surface area contributed by atoms with Crippen LogP contribution in [0.4, 0.5) is 0 Å². The lowest BCUT2D eigenvalue weighted by molar-refractivity contribution is 0.0451. The fourth-order valence-corrected chi connectivity index (χ4v) is 2.29. The Kier molecular flexibility index (Phi) is 3.79. The van der Waals surface area contributed by atoms with E-state index in [0.29, 0.717) is 6.10 Å². The predicted molar refractivity (Wildman–Crippen MR) is 57.5 cm³/mol. The molecule has 0 radical (unpaired) electrons. The van der Waals surface area contributed by atoms with Crippen LogP contribution in [0.1, 0.15) is 26.2 Å². The maximum atomic E-state index is 5.69. The van der Waals surface area contributed by atoms with Gasteiger partial charge in [-0.3, -0.25) is 4.90 Å². The fourth-order valence-electron chi connectivity index (χ4n) is 2.29. The molecule has 0 aromatic heterocycles. The van der Waals surface area contributed by atoms with Gasteiger partial charge < -0.3 is 10.1 Å². The van der Waals surface area contributed by atoms with Gasteiger partial charge in [-0.05, 0) is 25.8 Å². The first-order valence-electron chi connectivity index (χ1n) is 5.96. The van der Waals surface area contributed by atoms with Crippen LogP contribution in [-0.4, -0.2) is 49.8 Å². The first-order valence-corrected chi connectivity index (χ1v) is 5.96. The monoisotopic (exact) mass is 198 g/mol. The highest BCUT2D eigenvalue weighted by Crippen LogP contribution is 2.16. The third-order valence-corrected chi connectivity index (χ3v) is 3.25. The maximum Gasteiger partial charge on any atom is 0.0702 e. The molecule has 2 aliphatic rings. The van der Waals surface area contributed by atoms with Gasteiger partial charge in [0.15, 0.2) is 0 Å². The Morgan fingerprint density at radius 3 is 2.79 bits per heavy atom. The Balaban J connectivity index is 1.76. The zero-order chi connectivity index (χ0) is 9.80. The number of hydrogen-bond donors (Lipinski definition) is 1. The minimum atomic E-state index is 0.516. The zero-order valence-corrected chi connectivity index (χ0v) is 9.17. The molecule has 82 valence electrons. The standard InChI is InChI=1S/C11H22N2O/c1-2-5-13(10-7-12-8-10)9-11-4-3-6-14-11/h10-12H,2-9H2,1H3. The lowest BCUT2D eigenvalue weighted by Crippen LogP contribution is -2.58.